The third-order valence-corrected chi connectivity index (χ3v) is 9.26. The van der Waals surface area contributed by atoms with E-state index in [1.54, 1.807) is 35.6 Å². The number of rotatable bonds is 6. The molecule has 3 aromatic rings. The Kier molecular flexibility index (Phi) is 6.97. The Labute approximate surface area is 208 Å². The normalized spacial score (nSPS) is 17.7. The summed E-state index contributed by atoms with van der Waals surface area (Å²) in [6.45, 7) is 4.49. The van der Waals surface area contributed by atoms with Crippen molar-refractivity contribution in [2.24, 2.45) is 0 Å². The predicted octanol–water partition coefficient (Wildman–Crippen LogP) is 3.69. The lowest BCUT2D eigenvalue weighted by Crippen LogP contribution is -2.48. The van der Waals surface area contributed by atoms with Gasteiger partial charge in [-0.05, 0) is 61.4 Å². The smallest absolute Gasteiger partial charge is 0.253 e. The third kappa shape index (κ3) is 5.30. The van der Waals surface area contributed by atoms with Crippen LogP contribution >= 0.6 is 11.3 Å². The molecule has 1 amide bonds. The van der Waals surface area contributed by atoms with E-state index in [2.05, 4.69) is 9.88 Å². The first-order chi connectivity index (χ1) is 16.9. The summed E-state index contributed by atoms with van der Waals surface area (Å²) in [5.74, 6) is -0.345. The van der Waals surface area contributed by atoms with Crippen molar-refractivity contribution >= 4 is 27.3 Å². The van der Waals surface area contributed by atoms with Gasteiger partial charge >= 0.3 is 0 Å². The molecule has 0 radical (unpaired) electrons. The van der Waals surface area contributed by atoms with Crippen LogP contribution < -0.4 is 0 Å². The summed E-state index contributed by atoms with van der Waals surface area (Å²) in [6, 6.07) is 12.6. The monoisotopic (exact) mass is 514 g/mol. The Morgan fingerprint density at radius 3 is 2.23 bits per heavy atom. The Balaban J connectivity index is 1.15. The van der Waals surface area contributed by atoms with Gasteiger partial charge in [-0.15, -0.1) is 11.3 Å². The molecule has 0 N–H and O–H groups in total. The van der Waals surface area contributed by atoms with Crippen LogP contribution in [0.4, 0.5) is 4.39 Å². The lowest BCUT2D eigenvalue weighted by molar-refractivity contribution is 0.0628. The van der Waals surface area contributed by atoms with Gasteiger partial charge in [0.05, 0.1) is 17.1 Å². The molecule has 5 rings (SSSR count). The second-order valence-corrected chi connectivity index (χ2v) is 11.7. The zero-order valence-corrected chi connectivity index (χ0v) is 20.9. The van der Waals surface area contributed by atoms with Crippen LogP contribution in [0.5, 0.6) is 0 Å². The highest BCUT2D eigenvalue weighted by molar-refractivity contribution is 7.89. The van der Waals surface area contributed by atoms with Gasteiger partial charge in [-0.2, -0.15) is 4.31 Å². The molecule has 0 aliphatic carbocycles. The maximum atomic E-state index is 13.2. The lowest BCUT2D eigenvalue weighted by atomic mass is 10.2. The van der Waals surface area contributed by atoms with E-state index in [0.29, 0.717) is 38.3 Å². The summed E-state index contributed by atoms with van der Waals surface area (Å²) in [7, 11) is -3.48. The molecule has 0 atom stereocenters. The molecule has 2 aliphatic rings. The molecule has 0 spiro atoms. The van der Waals surface area contributed by atoms with Gasteiger partial charge in [0, 0.05) is 55.8 Å². The molecule has 0 unspecified atom stereocenters. The Bertz CT molecular complexity index is 1280. The summed E-state index contributed by atoms with van der Waals surface area (Å²) in [6.07, 6.45) is 1.78. The van der Waals surface area contributed by atoms with Crippen molar-refractivity contribution in [1.29, 1.82) is 0 Å². The highest BCUT2D eigenvalue weighted by Crippen LogP contribution is 2.24. The number of thiazole rings is 1. The lowest BCUT2D eigenvalue weighted by Gasteiger charge is -2.34. The second kappa shape index (κ2) is 10.1. The Morgan fingerprint density at radius 1 is 0.914 bits per heavy atom. The van der Waals surface area contributed by atoms with Gasteiger partial charge in [0.25, 0.3) is 5.91 Å². The maximum Gasteiger partial charge on any atom is 0.253 e. The van der Waals surface area contributed by atoms with Crippen LogP contribution in [0.3, 0.4) is 0 Å². The van der Waals surface area contributed by atoms with Crippen LogP contribution in [0.2, 0.25) is 0 Å². The van der Waals surface area contributed by atoms with Crippen LogP contribution in [-0.4, -0.2) is 72.7 Å². The molecular formula is C25H27FN4O3S2. The van der Waals surface area contributed by atoms with Crippen LogP contribution in [-0.2, 0) is 16.6 Å². The van der Waals surface area contributed by atoms with Gasteiger partial charge in [0.1, 0.15) is 10.8 Å². The minimum Gasteiger partial charge on any atom is -0.336 e. The molecule has 2 aromatic carbocycles. The predicted molar refractivity (Wildman–Crippen MR) is 133 cm³/mol. The number of benzene rings is 2. The molecule has 3 heterocycles. The van der Waals surface area contributed by atoms with E-state index in [1.165, 1.54) is 28.6 Å². The number of carbonyl (C=O) groups excluding carboxylic acids is 1. The van der Waals surface area contributed by atoms with Crippen molar-refractivity contribution in [2.45, 2.75) is 24.3 Å². The molecule has 35 heavy (non-hydrogen) atoms. The first kappa shape index (κ1) is 24.1. The minimum atomic E-state index is -3.48. The van der Waals surface area contributed by atoms with Gasteiger partial charge in [0.2, 0.25) is 10.0 Å². The van der Waals surface area contributed by atoms with E-state index in [0.717, 1.165) is 42.2 Å². The number of hydrogen-bond donors (Lipinski definition) is 0. The minimum absolute atomic E-state index is 0.0809. The van der Waals surface area contributed by atoms with Crippen molar-refractivity contribution in [3.05, 3.63) is 70.3 Å². The number of piperazine rings is 1. The summed E-state index contributed by atoms with van der Waals surface area (Å²) < 4.78 is 40.1. The van der Waals surface area contributed by atoms with Crippen molar-refractivity contribution in [3.8, 4) is 11.3 Å². The summed E-state index contributed by atoms with van der Waals surface area (Å²) >= 11 is 1.58. The van der Waals surface area contributed by atoms with Crippen LogP contribution in [0, 0.1) is 5.82 Å². The van der Waals surface area contributed by atoms with E-state index >= 15 is 0 Å². The van der Waals surface area contributed by atoms with Gasteiger partial charge in [0.15, 0.2) is 0 Å². The molecule has 184 valence electrons. The largest absolute Gasteiger partial charge is 0.336 e. The summed E-state index contributed by atoms with van der Waals surface area (Å²) in [4.78, 5) is 22.0. The molecule has 2 fully saturated rings. The molecule has 7 nitrogen and oxygen atoms in total. The van der Waals surface area contributed by atoms with E-state index in [4.69, 9.17) is 0 Å². The zero-order valence-electron chi connectivity index (χ0n) is 19.3. The van der Waals surface area contributed by atoms with Gasteiger partial charge < -0.3 is 4.90 Å². The Hall–Kier alpha value is -2.66. The van der Waals surface area contributed by atoms with E-state index in [9.17, 15) is 17.6 Å². The second-order valence-electron chi connectivity index (χ2n) is 8.84. The zero-order chi connectivity index (χ0) is 24.4. The van der Waals surface area contributed by atoms with Crippen LogP contribution in [0.25, 0.3) is 11.3 Å². The highest BCUT2D eigenvalue weighted by Gasteiger charge is 2.28. The quantitative estimate of drug-likeness (QED) is 0.502. The number of amides is 1. The number of carbonyl (C=O) groups is 1. The molecule has 0 saturated carbocycles. The standard InChI is InChI=1S/C25H27FN4O3S2/c26-21-7-3-19(4-8-21)23-18-34-24(27-23)17-28-13-15-29(16-14-28)25(31)20-5-9-22(10-6-20)35(32,33)30-11-1-2-12-30/h3-10,18H,1-2,11-17H2. The number of nitrogens with zero attached hydrogens (tertiary/aromatic N) is 4. The Morgan fingerprint density at radius 2 is 1.57 bits per heavy atom. The van der Waals surface area contributed by atoms with Gasteiger partial charge in [-0.3, -0.25) is 9.69 Å². The van der Waals surface area contributed by atoms with Crippen LogP contribution in [0.1, 0.15) is 28.2 Å². The maximum absolute atomic E-state index is 13.2. The molecule has 1 aromatic heterocycles. The fraction of sp³-hybridized carbons (Fsp3) is 0.360. The number of halogens is 1. The molecule has 2 aliphatic heterocycles. The summed E-state index contributed by atoms with van der Waals surface area (Å²) in [5.41, 5.74) is 2.24. The fourth-order valence-corrected chi connectivity index (χ4v) is 6.83. The number of aromatic nitrogens is 1. The van der Waals surface area contributed by atoms with Crippen molar-refractivity contribution in [2.75, 3.05) is 39.3 Å². The van der Waals surface area contributed by atoms with E-state index < -0.39 is 10.0 Å². The fourth-order valence-electron chi connectivity index (χ4n) is 4.47. The highest BCUT2D eigenvalue weighted by atomic mass is 32.2. The number of hydrogen-bond acceptors (Lipinski definition) is 6. The first-order valence-corrected chi connectivity index (χ1v) is 14.0. The van der Waals surface area contributed by atoms with Gasteiger partial charge in [-0.25, -0.2) is 17.8 Å². The summed E-state index contributed by atoms with van der Waals surface area (Å²) in [5, 5.41) is 2.97. The van der Waals surface area contributed by atoms with E-state index in [1.807, 2.05) is 10.3 Å². The molecule has 10 heteroatoms. The van der Waals surface area contributed by atoms with Crippen LogP contribution in [0.15, 0.2) is 58.8 Å². The molecule has 2 saturated heterocycles. The average molecular weight is 515 g/mol. The van der Waals surface area contributed by atoms with Crippen molar-refractivity contribution in [3.63, 3.8) is 0 Å². The third-order valence-electron chi connectivity index (χ3n) is 6.51. The van der Waals surface area contributed by atoms with Gasteiger partial charge in [-0.1, -0.05) is 0 Å². The van der Waals surface area contributed by atoms with E-state index in [-0.39, 0.29) is 16.6 Å². The first-order valence-electron chi connectivity index (χ1n) is 11.7. The van der Waals surface area contributed by atoms with Crippen molar-refractivity contribution in [1.82, 2.24) is 19.1 Å². The number of sulfonamides is 1. The van der Waals surface area contributed by atoms with Crippen molar-refractivity contribution < 1.29 is 17.6 Å². The topological polar surface area (TPSA) is 73.8 Å². The molecule has 0 bridgehead atoms. The average Bonchev–Trinajstić information content (AvgIpc) is 3.58. The SMILES string of the molecule is O=C(c1ccc(S(=O)(=O)N2CCCC2)cc1)N1CCN(Cc2nc(-c3ccc(F)cc3)cs2)CC1. The molecular weight excluding hydrogens is 487 g/mol.